The summed E-state index contributed by atoms with van der Waals surface area (Å²) in [7, 11) is 0. The second-order valence-corrected chi connectivity index (χ2v) is 6.02. The van der Waals surface area contributed by atoms with Crippen molar-refractivity contribution in [3.05, 3.63) is 78.1 Å². The van der Waals surface area contributed by atoms with Crippen molar-refractivity contribution in [1.29, 1.82) is 0 Å². The van der Waals surface area contributed by atoms with E-state index in [9.17, 15) is 4.79 Å². The number of carbonyl (C=O) groups is 1. The predicted molar refractivity (Wildman–Crippen MR) is 97.8 cm³/mol. The highest BCUT2D eigenvalue weighted by molar-refractivity contribution is 5.96. The number of ether oxygens (including phenoxy) is 1. The molecule has 1 aromatic carbocycles. The average molecular weight is 353 g/mol. The summed E-state index contributed by atoms with van der Waals surface area (Å²) in [5.74, 6) is 1.92. The van der Waals surface area contributed by atoms with Gasteiger partial charge in [0.2, 0.25) is 0 Å². The minimum atomic E-state index is -0.120. The Kier molecular flexibility index (Phi) is 6.14. The molecule has 0 atom stereocenters. The maximum Gasteiger partial charge on any atom is 0.258 e. The van der Waals surface area contributed by atoms with Gasteiger partial charge in [-0.05, 0) is 42.8 Å². The molecule has 2 heterocycles. The SMILES string of the molecule is CCCCOc1ccccc1C(=O)N(Cc1ccco1)Cc1ccco1. The van der Waals surface area contributed by atoms with Gasteiger partial charge < -0.3 is 18.5 Å². The van der Waals surface area contributed by atoms with E-state index in [1.54, 1.807) is 23.5 Å². The molecule has 2 aromatic heterocycles. The van der Waals surface area contributed by atoms with Gasteiger partial charge >= 0.3 is 0 Å². The smallest absolute Gasteiger partial charge is 0.258 e. The first-order valence-electron chi connectivity index (χ1n) is 8.83. The van der Waals surface area contributed by atoms with Crippen LogP contribution in [0.15, 0.2) is 69.9 Å². The lowest BCUT2D eigenvalue weighted by atomic mass is 10.1. The Bertz CT molecular complexity index is 757. The first-order valence-corrected chi connectivity index (χ1v) is 8.83. The third-order valence-electron chi connectivity index (χ3n) is 4.01. The van der Waals surface area contributed by atoms with Crippen LogP contribution in [0.25, 0.3) is 0 Å². The monoisotopic (exact) mass is 353 g/mol. The number of amides is 1. The lowest BCUT2D eigenvalue weighted by Crippen LogP contribution is -2.30. The summed E-state index contributed by atoms with van der Waals surface area (Å²) in [5, 5.41) is 0. The maximum absolute atomic E-state index is 13.2. The van der Waals surface area contributed by atoms with Crippen LogP contribution < -0.4 is 4.74 Å². The van der Waals surface area contributed by atoms with E-state index in [0.717, 1.165) is 12.8 Å². The van der Waals surface area contributed by atoms with E-state index >= 15 is 0 Å². The standard InChI is InChI=1S/C21H23NO4/c1-2-3-12-26-20-11-5-4-10-19(20)21(23)22(15-17-8-6-13-24-17)16-18-9-7-14-25-18/h4-11,13-14H,2-3,12,15-16H2,1H3. The number of furan rings is 2. The van der Waals surface area contributed by atoms with Crippen molar-refractivity contribution in [2.45, 2.75) is 32.9 Å². The van der Waals surface area contributed by atoms with Gasteiger partial charge in [0, 0.05) is 0 Å². The van der Waals surface area contributed by atoms with Crippen LogP contribution in [0.1, 0.15) is 41.6 Å². The lowest BCUT2D eigenvalue weighted by Gasteiger charge is -2.22. The fourth-order valence-electron chi connectivity index (χ4n) is 2.65. The highest BCUT2D eigenvalue weighted by Gasteiger charge is 2.22. The number of carbonyl (C=O) groups excluding carboxylic acids is 1. The maximum atomic E-state index is 13.2. The van der Waals surface area contributed by atoms with Gasteiger partial charge in [0.1, 0.15) is 17.3 Å². The number of rotatable bonds is 9. The number of para-hydroxylation sites is 1. The molecule has 0 bridgehead atoms. The quantitative estimate of drug-likeness (QED) is 0.514. The minimum Gasteiger partial charge on any atom is -0.493 e. The zero-order valence-electron chi connectivity index (χ0n) is 14.9. The molecular weight excluding hydrogens is 330 g/mol. The van der Waals surface area contributed by atoms with Gasteiger partial charge in [0.15, 0.2) is 0 Å². The Hall–Kier alpha value is -2.95. The van der Waals surface area contributed by atoms with E-state index in [-0.39, 0.29) is 5.91 Å². The molecule has 5 nitrogen and oxygen atoms in total. The molecule has 0 saturated carbocycles. The Labute approximate surface area is 153 Å². The summed E-state index contributed by atoms with van der Waals surface area (Å²) >= 11 is 0. The van der Waals surface area contributed by atoms with E-state index in [0.29, 0.717) is 42.5 Å². The molecule has 0 aliphatic heterocycles. The van der Waals surface area contributed by atoms with Crippen LogP contribution in [0.5, 0.6) is 5.75 Å². The number of hydrogen-bond donors (Lipinski definition) is 0. The predicted octanol–water partition coefficient (Wildman–Crippen LogP) is 4.89. The minimum absolute atomic E-state index is 0.120. The van der Waals surface area contributed by atoms with E-state index < -0.39 is 0 Å². The fourth-order valence-corrected chi connectivity index (χ4v) is 2.65. The zero-order chi connectivity index (χ0) is 18.2. The largest absolute Gasteiger partial charge is 0.493 e. The number of unbranched alkanes of at least 4 members (excludes halogenated alkanes) is 1. The van der Waals surface area contributed by atoms with Crippen molar-refractivity contribution in [2.75, 3.05) is 6.61 Å². The number of hydrogen-bond acceptors (Lipinski definition) is 4. The molecule has 0 unspecified atom stereocenters. The lowest BCUT2D eigenvalue weighted by molar-refractivity contribution is 0.0700. The van der Waals surface area contributed by atoms with Crippen LogP contribution in [-0.4, -0.2) is 17.4 Å². The van der Waals surface area contributed by atoms with Crippen molar-refractivity contribution >= 4 is 5.91 Å². The van der Waals surface area contributed by atoms with E-state index in [2.05, 4.69) is 6.92 Å². The molecule has 0 aliphatic carbocycles. The zero-order valence-corrected chi connectivity index (χ0v) is 14.9. The van der Waals surface area contributed by atoms with Crippen LogP contribution in [0.2, 0.25) is 0 Å². The summed E-state index contributed by atoms with van der Waals surface area (Å²) in [5.41, 5.74) is 0.543. The molecule has 0 fully saturated rings. The number of benzene rings is 1. The van der Waals surface area contributed by atoms with Crippen LogP contribution in [0.4, 0.5) is 0 Å². The Morgan fingerprint density at radius 2 is 1.62 bits per heavy atom. The number of nitrogens with zero attached hydrogens (tertiary/aromatic N) is 1. The van der Waals surface area contributed by atoms with Crippen LogP contribution in [0, 0.1) is 0 Å². The van der Waals surface area contributed by atoms with E-state index in [1.807, 2.05) is 42.5 Å². The molecule has 0 radical (unpaired) electrons. The van der Waals surface area contributed by atoms with E-state index in [1.165, 1.54) is 0 Å². The highest BCUT2D eigenvalue weighted by Crippen LogP contribution is 2.23. The van der Waals surface area contributed by atoms with Crippen molar-refractivity contribution in [2.24, 2.45) is 0 Å². The second kappa shape index (κ2) is 8.94. The van der Waals surface area contributed by atoms with Gasteiger partial charge in [0.05, 0.1) is 37.8 Å². The van der Waals surface area contributed by atoms with Crippen molar-refractivity contribution < 1.29 is 18.4 Å². The average Bonchev–Trinajstić information content (AvgIpc) is 3.35. The molecule has 0 N–H and O–H groups in total. The first-order chi connectivity index (χ1) is 12.8. The second-order valence-electron chi connectivity index (χ2n) is 6.02. The Morgan fingerprint density at radius 1 is 0.962 bits per heavy atom. The van der Waals surface area contributed by atoms with Gasteiger partial charge in [-0.2, -0.15) is 0 Å². The molecule has 1 amide bonds. The molecule has 26 heavy (non-hydrogen) atoms. The van der Waals surface area contributed by atoms with Gasteiger partial charge in [-0.3, -0.25) is 4.79 Å². The van der Waals surface area contributed by atoms with Crippen LogP contribution in [-0.2, 0) is 13.1 Å². The van der Waals surface area contributed by atoms with E-state index in [4.69, 9.17) is 13.6 Å². The van der Waals surface area contributed by atoms with Gasteiger partial charge in [0.25, 0.3) is 5.91 Å². The summed E-state index contributed by atoms with van der Waals surface area (Å²) in [4.78, 5) is 14.9. The van der Waals surface area contributed by atoms with Gasteiger partial charge in [-0.1, -0.05) is 25.5 Å². The molecule has 0 spiro atoms. The Balaban J connectivity index is 1.82. The fraction of sp³-hybridized carbons (Fsp3) is 0.286. The summed E-state index contributed by atoms with van der Waals surface area (Å²) in [6, 6.07) is 14.7. The molecular formula is C21H23NO4. The van der Waals surface area contributed by atoms with Gasteiger partial charge in [-0.15, -0.1) is 0 Å². The van der Waals surface area contributed by atoms with Crippen molar-refractivity contribution in [3.8, 4) is 5.75 Å². The first kappa shape index (κ1) is 17.9. The molecule has 136 valence electrons. The molecule has 5 heteroatoms. The Morgan fingerprint density at radius 3 is 2.19 bits per heavy atom. The van der Waals surface area contributed by atoms with Crippen molar-refractivity contribution in [3.63, 3.8) is 0 Å². The summed E-state index contributed by atoms with van der Waals surface area (Å²) < 4.78 is 16.7. The normalized spacial score (nSPS) is 10.7. The molecule has 0 saturated heterocycles. The third-order valence-corrected chi connectivity index (χ3v) is 4.01. The highest BCUT2D eigenvalue weighted by atomic mass is 16.5. The third kappa shape index (κ3) is 4.57. The van der Waals surface area contributed by atoms with Crippen LogP contribution >= 0.6 is 0 Å². The summed E-state index contributed by atoms with van der Waals surface area (Å²) in [6.07, 6.45) is 5.20. The van der Waals surface area contributed by atoms with Crippen molar-refractivity contribution in [1.82, 2.24) is 4.90 Å². The van der Waals surface area contributed by atoms with Gasteiger partial charge in [-0.25, -0.2) is 0 Å². The molecule has 3 rings (SSSR count). The molecule has 0 aliphatic rings. The summed E-state index contributed by atoms with van der Waals surface area (Å²) in [6.45, 7) is 3.41. The topological polar surface area (TPSA) is 55.8 Å². The molecule has 3 aromatic rings. The van der Waals surface area contributed by atoms with Crippen LogP contribution in [0.3, 0.4) is 0 Å².